The van der Waals surface area contributed by atoms with Crippen molar-refractivity contribution >= 4 is 11.9 Å². The molecule has 0 aromatic rings. The molecule has 0 saturated carbocycles. The van der Waals surface area contributed by atoms with Crippen molar-refractivity contribution in [2.24, 2.45) is 0 Å². The Balaban J connectivity index is -0.00000000584. The molecule has 0 unspecified atom stereocenters. The molecule has 6 heteroatoms. The van der Waals surface area contributed by atoms with Crippen LogP contribution in [0.25, 0.3) is 0 Å². The first-order valence-corrected chi connectivity index (χ1v) is 2.77. The van der Waals surface area contributed by atoms with Gasteiger partial charge in [-0.25, -0.2) is 0 Å². The molecule has 4 nitrogen and oxygen atoms in total. The molecule has 0 heterocycles. The van der Waals surface area contributed by atoms with Crippen molar-refractivity contribution in [3.63, 3.8) is 0 Å². The molecule has 0 fully saturated rings. The average molecular weight is 418 g/mol. The van der Waals surface area contributed by atoms with Crippen LogP contribution >= 0.6 is 0 Å². The number of hydrogen-bond acceptors (Lipinski definition) is 2. The summed E-state index contributed by atoms with van der Waals surface area (Å²) < 4.78 is 0. The van der Waals surface area contributed by atoms with Gasteiger partial charge >= 0.3 is 0 Å². The molecule has 0 aromatic heterocycles. The van der Waals surface area contributed by atoms with E-state index in [0.717, 1.165) is 0 Å². The van der Waals surface area contributed by atoms with Gasteiger partial charge in [0.1, 0.15) is 0 Å². The number of carboxylic acids is 2. The number of hydrogen-bond donors (Lipinski definition) is 2. The fourth-order valence-electron chi connectivity index (χ4n) is 0. The maximum atomic E-state index is 9.31. The molecule has 0 rings (SSSR count). The van der Waals surface area contributed by atoms with Crippen LogP contribution in [0.5, 0.6) is 0 Å². The smallest absolute Gasteiger partial charge is 0.272 e. The second-order valence-electron chi connectivity index (χ2n) is 1.04. The summed E-state index contributed by atoms with van der Waals surface area (Å²) in [5, 5.41) is 15.0. The van der Waals surface area contributed by atoms with E-state index in [1.54, 1.807) is 6.92 Å². The summed E-state index contributed by atoms with van der Waals surface area (Å²) in [6, 6.07) is 0. The first-order valence-electron chi connectivity index (χ1n) is 2.77. The third kappa shape index (κ3) is 479. The number of carbonyl (C=O) groups is 2. The molecule has 0 amide bonds. The van der Waals surface area contributed by atoms with Crippen LogP contribution in [0.15, 0.2) is 0 Å². The molecule has 18 heavy (non-hydrogen) atoms. The van der Waals surface area contributed by atoms with E-state index in [1.807, 2.05) is 0 Å². The molecule has 0 atom stereocenters. The molecule has 0 aliphatic rings. The molecule has 0 saturated heterocycles. The first-order chi connectivity index (χ1) is 5.00. The normalized spacial score (nSPS) is 3.72. The predicted octanol–water partition coefficient (Wildman–Crippen LogP) is 4.03. The zero-order valence-corrected chi connectivity index (χ0v) is 14.4. The van der Waals surface area contributed by atoms with Crippen LogP contribution in [-0.2, 0) is 75.0 Å². The fraction of sp³-hybridized carbons (Fsp3) is 0.500. The van der Waals surface area contributed by atoms with Gasteiger partial charge in [0.2, 0.25) is 0 Å². The molecule has 0 aliphatic carbocycles. The average Bonchev–Trinajstić information content (AvgIpc) is 1.91. The second kappa shape index (κ2) is 81.2. The molecule has 114 valence electrons. The summed E-state index contributed by atoms with van der Waals surface area (Å²) in [6.45, 7) is 10.6. The third-order valence-corrected chi connectivity index (χ3v) is 0.214. The van der Waals surface area contributed by atoms with Gasteiger partial charge < -0.3 is 31.5 Å². The van der Waals surface area contributed by atoms with E-state index >= 15 is 0 Å². The summed E-state index contributed by atoms with van der Waals surface area (Å²) in [5.41, 5.74) is 0. The molecular formula is C12H32O4Y2-4. The number of rotatable bonds is 1. The SMILES string of the molecule is C.C.C.C.[CH2-]C.[CH2-]C(=O)O.[CH2-]CC(=O)O.[CH3-].[Y].[Y]. The molecule has 0 aromatic carbocycles. The van der Waals surface area contributed by atoms with Crippen molar-refractivity contribution < 1.29 is 85.2 Å². The molecule has 0 spiro atoms. The zero-order valence-electron chi connectivity index (χ0n) is 8.69. The van der Waals surface area contributed by atoms with Crippen molar-refractivity contribution in [2.45, 2.75) is 43.1 Å². The van der Waals surface area contributed by atoms with Gasteiger partial charge in [0, 0.05) is 65.4 Å². The minimum Gasteiger partial charge on any atom is -0.503 e. The van der Waals surface area contributed by atoms with E-state index in [9.17, 15) is 4.79 Å². The van der Waals surface area contributed by atoms with Crippen molar-refractivity contribution in [2.75, 3.05) is 0 Å². The Labute approximate surface area is 166 Å². The quantitative estimate of drug-likeness (QED) is 0.631. The Hall–Kier alpha value is 1.02. The summed E-state index contributed by atoms with van der Waals surface area (Å²) >= 11 is 0. The summed E-state index contributed by atoms with van der Waals surface area (Å²) in [4.78, 5) is 18.2. The van der Waals surface area contributed by atoms with Crippen LogP contribution in [0.2, 0.25) is 0 Å². The Morgan fingerprint density at radius 1 is 0.944 bits per heavy atom. The van der Waals surface area contributed by atoms with Gasteiger partial charge in [-0.3, -0.25) is 16.5 Å². The van der Waals surface area contributed by atoms with Crippen molar-refractivity contribution in [1.29, 1.82) is 0 Å². The molecule has 0 aliphatic heterocycles. The Morgan fingerprint density at radius 2 is 1.00 bits per heavy atom. The Bertz CT molecular complexity index is 106. The van der Waals surface area contributed by atoms with E-state index < -0.39 is 11.9 Å². The summed E-state index contributed by atoms with van der Waals surface area (Å²) in [5.74, 6) is -1.94. The van der Waals surface area contributed by atoms with Crippen molar-refractivity contribution in [3.05, 3.63) is 28.2 Å². The molecule has 2 N–H and O–H groups in total. The van der Waals surface area contributed by atoms with Crippen LogP contribution in [0.1, 0.15) is 43.1 Å². The van der Waals surface area contributed by atoms with Gasteiger partial charge in [0.15, 0.2) is 5.97 Å². The largest absolute Gasteiger partial charge is 0.503 e. The van der Waals surface area contributed by atoms with Gasteiger partial charge in [0.25, 0.3) is 5.97 Å². The maximum Gasteiger partial charge on any atom is 0.272 e. The van der Waals surface area contributed by atoms with E-state index in [0.29, 0.717) is 0 Å². The van der Waals surface area contributed by atoms with E-state index in [-0.39, 0.29) is 109 Å². The van der Waals surface area contributed by atoms with E-state index in [4.69, 9.17) is 15.0 Å². The third-order valence-electron chi connectivity index (χ3n) is 0.214. The van der Waals surface area contributed by atoms with Crippen LogP contribution in [0, 0.1) is 28.2 Å². The van der Waals surface area contributed by atoms with Gasteiger partial charge in [-0.1, -0.05) is 36.1 Å². The van der Waals surface area contributed by atoms with Crippen molar-refractivity contribution in [1.82, 2.24) is 0 Å². The van der Waals surface area contributed by atoms with Gasteiger partial charge in [-0.15, -0.1) is 0 Å². The minimum atomic E-state index is -1.08. The van der Waals surface area contributed by atoms with E-state index in [2.05, 4.69) is 20.8 Å². The Morgan fingerprint density at radius 3 is 1.00 bits per heavy atom. The molecule has 0 bridgehead atoms. The summed E-state index contributed by atoms with van der Waals surface area (Å²) in [6.07, 6.45) is -0.0278. The van der Waals surface area contributed by atoms with Gasteiger partial charge in [-0.2, -0.15) is 6.92 Å². The fourth-order valence-corrected chi connectivity index (χ4v) is 0. The number of carboxylic acid groups (broad SMARTS) is 2. The second-order valence-corrected chi connectivity index (χ2v) is 1.04. The van der Waals surface area contributed by atoms with E-state index in [1.165, 1.54) is 0 Å². The number of aliphatic carboxylic acids is 2. The van der Waals surface area contributed by atoms with Crippen LogP contribution < -0.4 is 0 Å². The molecule has 2 radical (unpaired) electrons. The van der Waals surface area contributed by atoms with Crippen LogP contribution in [0.4, 0.5) is 0 Å². The predicted molar refractivity (Wildman–Crippen MR) is 75.0 cm³/mol. The zero-order chi connectivity index (χ0) is 9.86. The van der Waals surface area contributed by atoms with Gasteiger partial charge in [0.05, 0.1) is 0 Å². The molecular weight excluding hydrogens is 386 g/mol. The van der Waals surface area contributed by atoms with Crippen LogP contribution in [-0.4, -0.2) is 22.2 Å². The Kier molecular flexibility index (Phi) is 342. The standard InChI is InChI=1S/C3H5O2.C2H3O2.C2H5.4CH4.CH3.2Y/c1-2-3(4)5;1-2(3)4;1-2;;;;;;;/h1-2H2,(H,4,5);1H2,(H,3,4);1H2,2H3;4*1H4;1H3;;/q3*-1;;;;;-1;;. The topological polar surface area (TPSA) is 74.6 Å². The minimum absolute atomic E-state index is 0. The van der Waals surface area contributed by atoms with Crippen molar-refractivity contribution in [3.8, 4) is 0 Å². The first kappa shape index (κ1) is 75.9. The maximum absolute atomic E-state index is 9.31. The van der Waals surface area contributed by atoms with Crippen LogP contribution in [0.3, 0.4) is 0 Å². The van der Waals surface area contributed by atoms with Gasteiger partial charge in [-0.05, 0) is 0 Å². The summed E-state index contributed by atoms with van der Waals surface area (Å²) in [7, 11) is 0. The monoisotopic (exact) mass is 418 g/mol.